The summed E-state index contributed by atoms with van der Waals surface area (Å²) in [6.45, 7) is 2.64. The van der Waals surface area contributed by atoms with Gasteiger partial charge in [-0.1, -0.05) is 0 Å². The van der Waals surface area contributed by atoms with Crippen molar-refractivity contribution in [3.8, 4) is 23.0 Å². The van der Waals surface area contributed by atoms with Crippen molar-refractivity contribution in [1.29, 1.82) is 0 Å². The Morgan fingerprint density at radius 2 is 1.11 bits per heavy atom. The largest absolute Gasteiger partial charge is 0.493 e. The van der Waals surface area contributed by atoms with E-state index in [1.807, 2.05) is 6.92 Å². The van der Waals surface area contributed by atoms with Crippen LogP contribution in [-0.2, 0) is 29.0 Å². The summed E-state index contributed by atoms with van der Waals surface area (Å²) in [7, 11) is 5.80. The van der Waals surface area contributed by atoms with Gasteiger partial charge in [0.2, 0.25) is 0 Å². The minimum absolute atomic E-state index is 0.117. The maximum Gasteiger partial charge on any atom is 0.373 e. The average Bonchev–Trinajstić information content (AvgIpc) is 2.92. The molecule has 0 bridgehead atoms. The minimum atomic E-state index is -1.40. The first-order valence-corrected chi connectivity index (χ1v) is 10.8. The molecule has 36 heavy (non-hydrogen) atoms. The third-order valence-electron chi connectivity index (χ3n) is 4.53. The van der Waals surface area contributed by atoms with Crippen LogP contribution in [0.2, 0.25) is 0 Å². The fraction of sp³-hybridized carbons (Fsp3) is 0.417. The van der Waals surface area contributed by atoms with Crippen LogP contribution in [0.3, 0.4) is 0 Å². The summed E-state index contributed by atoms with van der Waals surface area (Å²) in [6.07, 6.45) is -1.40. The smallest absolute Gasteiger partial charge is 0.373 e. The van der Waals surface area contributed by atoms with Gasteiger partial charge in [0.05, 0.1) is 52.8 Å². The molecule has 12 heteroatoms. The summed E-state index contributed by atoms with van der Waals surface area (Å²) in [4.78, 5) is 44.6. The lowest BCUT2D eigenvalue weighted by atomic mass is 10.2. The maximum atomic E-state index is 12.4. The summed E-state index contributed by atoms with van der Waals surface area (Å²) in [5.74, 6) is -0.206. The highest BCUT2D eigenvalue weighted by atomic mass is 17.3. The second-order valence-corrected chi connectivity index (χ2v) is 6.77. The standard InChI is InChI=1S/C24H30O12/c1-6-31-11-12-32-15-22(33-35-23(25)16-7-9-18(27-2)20(13-16)29-4)34-36-24(26)17-8-10-19(28-3)21(14-17)30-5/h7-10,13-14,22H,6,11-12,15H2,1-5H3. The second-order valence-electron chi connectivity index (χ2n) is 6.77. The van der Waals surface area contributed by atoms with Gasteiger partial charge in [0.15, 0.2) is 23.0 Å². The molecule has 0 aromatic heterocycles. The van der Waals surface area contributed by atoms with E-state index in [4.69, 9.17) is 48.0 Å². The van der Waals surface area contributed by atoms with Gasteiger partial charge < -0.3 is 28.4 Å². The molecule has 0 saturated carbocycles. The molecule has 12 nitrogen and oxygen atoms in total. The van der Waals surface area contributed by atoms with E-state index >= 15 is 0 Å². The third kappa shape index (κ3) is 8.57. The first kappa shape index (κ1) is 28.7. The Kier molecular flexibility index (Phi) is 12.3. The van der Waals surface area contributed by atoms with Crippen LogP contribution < -0.4 is 18.9 Å². The molecule has 0 spiro atoms. The van der Waals surface area contributed by atoms with Crippen LogP contribution >= 0.6 is 0 Å². The molecule has 0 N–H and O–H groups in total. The van der Waals surface area contributed by atoms with E-state index in [9.17, 15) is 9.59 Å². The van der Waals surface area contributed by atoms with Crippen molar-refractivity contribution in [1.82, 2.24) is 0 Å². The third-order valence-corrected chi connectivity index (χ3v) is 4.53. The van der Waals surface area contributed by atoms with Crippen LogP contribution in [0.25, 0.3) is 0 Å². The Morgan fingerprint density at radius 1 is 0.667 bits per heavy atom. The predicted octanol–water partition coefficient (Wildman–Crippen LogP) is 2.98. The number of methoxy groups -OCH3 is 4. The summed E-state index contributed by atoms with van der Waals surface area (Å²) >= 11 is 0. The lowest BCUT2D eigenvalue weighted by Gasteiger charge is -2.16. The molecule has 0 unspecified atom stereocenters. The van der Waals surface area contributed by atoms with Gasteiger partial charge >= 0.3 is 11.9 Å². The van der Waals surface area contributed by atoms with Crippen LogP contribution in [0.5, 0.6) is 23.0 Å². The molecule has 2 aromatic rings. The van der Waals surface area contributed by atoms with Gasteiger partial charge in [-0.05, 0) is 43.3 Å². The molecule has 0 aliphatic carbocycles. The predicted molar refractivity (Wildman–Crippen MR) is 123 cm³/mol. The summed E-state index contributed by atoms with van der Waals surface area (Å²) in [6, 6.07) is 8.81. The van der Waals surface area contributed by atoms with Crippen molar-refractivity contribution in [2.75, 3.05) is 54.9 Å². The number of ether oxygens (including phenoxy) is 6. The van der Waals surface area contributed by atoms with E-state index < -0.39 is 18.2 Å². The van der Waals surface area contributed by atoms with Gasteiger partial charge in [-0.2, -0.15) is 0 Å². The Bertz CT molecular complexity index is 906. The van der Waals surface area contributed by atoms with Gasteiger partial charge in [0, 0.05) is 6.61 Å². The van der Waals surface area contributed by atoms with Gasteiger partial charge in [0.25, 0.3) is 6.29 Å². The fourth-order valence-corrected chi connectivity index (χ4v) is 2.73. The van der Waals surface area contributed by atoms with E-state index in [0.29, 0.717) is 36.2 Å². The zero-order chi connectivity index (χ0) is 26.3. The lowest BCUT2D eigenvalue weighted by molar-refractivity contribution is -0.427. The number of carbonyl (C=O) groups is 2. The molecule has 2 rings (SSSR count). The Morgan fingerprint density at radius 3 is 1.53 bits per heavy atom. The van der Waals surface area contributed by atoms with Crippen molar-refractivity contribution < 1.29 is 57.6 Å². The van der Waals surface area contributed by atoms with Crippen molar-refractivity contribution >= 4 is 11.9 Å². The lowest BCUT2D eigenvalue weighted by Crippen LogP contribution is -2.27. The van der Waals surface area contributed by atoms with Gasteiger partial charge in [-0.3, -0.25) is 9.78 Å². The van der Waals surface area contributed by atoms with Crippen molar-refractivity contribution in [3.05, 3.63) is 47.5 Å². The highest BCUT2D eigenvalue weighted by Crippen LogP contribution is 2.29. The molecule has 0 aliphatic rings. The van der Waals surface area contributed by atoms with E-state index in [-0.39, 0.29) is 24.3 Å². The zero-order valence-corrected chi connectivity index (χ0v) is 20.8. The highest BCUT2D eigenvalue weighted by Gasteiger charge is 2.21. The van der Waals surface area contributed by atoms with Crippen molar-refractivity contribution in [2.45, 2.75) is 13.2 Å². The number of carbonyl (C=O) groups excluding carboxylic acids is 2. The van der Waals surface area contributed by atoms with Crippen molar-refractivity contribution in [2.24, 2.45) is 0 Å². The normalized spacial score (nSPS) is 10.6. The van der Waals surface area contributed by atoms with Gasteiger partial charge in [-0.15, -0.1) is 9.78 Å². The number of benzene rings is 2. The van der Waals surface area contributed by atoms with Crippen LogP contribution in [-0.4, -0.2) is 73.1 Å². The Balaban J connectivity index is 2.01. The fourth-order valence-electron chi connectivity index (χ4n) is 2.73. The quantitative estimate of drug-likeness (QED) is 0.143. The zero-order valence-electron chi connectivity index (χ0n) is 20.8. The summed E-state index contributed by atoms with van der Waals surface area (Å²) in [5, 5.41) is 0. The molecule has 0 amide bonds. The van der Waals surface area contributed by atoms with Crippen LogP contribution in [0.1, 0.15) is 27.6 Å². The molecule has 2 aromatic carbocycles. The van der Waals surface area contributed by atoms with Crippen LogP contribution in [0, 0.1) is 0 Å². The summed E-state index contributed by atoms with van der Waals surface area (Å²) < 4.78 is 31.2. The average molecular weight is 510 g/mol. The van der Waals surface area contributed by atoms with Crippen LogP contribution in [0.4, 0.5) is 0 Å². The molecule has 0 heterocycles. The maximum absolute atomic E-state index is 12.4. The molecular weight excluding hydrogens is 480 g/mol. The highest BCUT2D eigenvalue weighted by molar-refractivity contribution is 5.90. The van der Waals surface area contributed by atoms with Crippen LogP contribution in [0.15, 0.2) is 36.4 Å². The van der Waals surface area contributed by atoms with E-state index in [2.05, 4.69) is 0 Å². The molecular formula is C24H30O12. The first-order chi connectivity index (χ1) is 17.5. The molecule has 198 valence electrons. The summed E-state index contributed by atoms with van der Waals surface area (Å²) in [5.41, 5.74) is 0.233. The van der Waals surface area contributed by atoms with E-state index in [1.165, 1.54) is 64.8 Å². The molecule has 0 fully saturated rings. The Hall–Kier alpha value is -3.58. The van der Waals surface area contributed by atoms with E-state index in [0.717, 1.165) is 0 Å². The Labute approximate surface area is 208 Å². The van der Waals surface area contributed by atoms with Gasteiger partial charge in [0.1, 0.15) is 6.61 Å². The second kappa shape index (κ2) is 15.4. The van der Waals surface area contributed by atoms with Gasteiger partial charge in [-0.25, -0.2) is 9.59 Å². The molecule has 0 atom stereocenters. The molecule has 0 saturated heterocycles. The number of hydrogen-bond donors (Lipinski definition) is 0. The van der Waals surface area contributed by atoms with Crippen molar-refractivity contribution in [3.63, 3.8) is 0 Å². The molecule has 0 radical (unpaired) electrons. The SMILES string of the molecule is CCOCCOCC(OOC(=O)c1ccc(OC)c(OC)c1)OOC(=O)c1ccc(OC)c(OC)c1. The first-order valence-electron chi connectivity index (χ1n) is 10.8. The topological polar surface area (TPSA) is 126 Å². The number of rotatable bonds is 16. The van der Waals surface area contributed by atoms with E-state index in [1.54, 1.807) is 0 Å². The monoisotopic (exact) mass is 510 g/mol. The molecule has 0 aliphatic heterocycles. The number of hydrogen-bond acceptors (Lipinski definition) is 12. The minimum Gasteiger partial charge on any atom is -0.493 e.